The normalized spacial score (nSPS) is 9.92. The second-order valence-electron chi connectivity index (χ2n) is 2.54. The summed E-state index contributed by atoms with van der Waals surface area (Å²) in [4.78, 5) is 0. The van der Waals surface area contributed by atoms with Crippen molar-refractivity contribution in [2.75, 3.05) is 11.9 Å². The molecule has 0 fully saturated rings. The van der Waals surface area contributed by atoms with Gasteiger partial charge in [0.1, 0.15) is 5.82 Å². The minimum absolute atomic E-state index is 0.240. The van der Waals surface area contributed by atoms with Crippen molar-refractivity contribution >= 4 is 5.69 Å². The van der Waals surface area contributed by atoms with E-state index in [4.69, 9.17) is 5.73 Å². The van der Waals surface area contributed by atoms with E-state index in [1.54, 1.807) is 6.07 Å². The second-order valence-corrected chi connectivity index (χ2v) is 2.54. The molecule has 2 nitrogen and oxygen atoms in total. The van der Waals surface area contributed by atoms with Gasteiger partial charge in [-0.05, 0) is 19.1 Å². The Kier molecular flexibility index (Phi) is 3.05. The highest BCUT2D eigenvalue weighted by atomic mass is 19.1. The zero-order chi connectivity index (χ0) is 8.97. The number of benzene rings is 1. The molecule has 0 amide bonds. The first-order valence-corrected chi connectivity index (χ1v) is 4.00. The highest BCUT2D eigenvalue weighted by Crippen LogP contribution is 2.13. The highest BCUT2D eigenvalue weighted by molar-refractivity contribution is 5.45. The maximum absolute atomic E-state index is 13.1. The van der Waals surface area contributed by atoms with Crippen LogP contribution in [0.3, 0.4) is 0 Å². The Bertz CT molecular complexity index is 261. The van der Waals surface area contributed by atoms with Gasteiger partial charge in [0.15, 0.2) is 0 Å². The van der Waals surface area contributed by atoms with Crippen LogP contribution in [-0.2, 0) is 6.54 Å². The monoisotopic (exact) mass is 168 g/mol. The van der Waals surface area contributed by atoms with Crippen LogP contribution in [0.1, 0.15) is 12.5 Å². The minimum atomic E-state index is -0.240. The third-order valence-corrected chi connectivity index (χ3v) is 1.65. The number of rotatable bonds is 3. The van der Waals surface area contributed by atoms with Gasteiger partial charge >= 0.3 is 0 Å². The Balaban J connectivity index is 2.86. The third kappa shape index (κ3) is 1.95. The van der Waals surface area contributed by atoms with Gasteiger partial charge in [-0.25, -0.2) is 4.39 Å². The van der Waals surface area contributed by atoms with Crippen LogP contribution in [0.2, 0.25) is 0 Å². The van der Waals surface area contributed by atoms with Gasteiger partial charge in [-0.15, -0.1) is 0 Å². The van der Waals surface area contributed by atoms with Gasteiger partial charge in [0, 0.05) is 24.3 Å². The second kappa shape index (κ2) is 4.07. The van der Waals surface area contributed by atoms with Crippen LogP contribution in [0.5, 0.6) is 0 Å². The molecule has 0 unspecified atom stereocenters. The molecule has 0 radical (unpaired) electrons. The van der Waals surface area contributed by atoms with Crippen LogP contribution in [0.4, 0.5) is 10.1 Å². The Morgan fingerprint density at radius 2 is 2.25 bits per heavy atom. The highest BCUT2D eigenvalue weighted by Gasteiger charge is 1.99. The Hall–Kier alpha value is -1.09. The van der Waals surface area contributed by atoms with Gasteiger partial charge in [-0.2, -0.15) is 0 Å². The van der Waals surface area contributed by atoms with E-state index in [0.717, 1.165) is 12.2 Å². The molecule has 3 N–H and O–H groups in total. The van der Waals surface area contributed by atoms with Crippen LogP contribution >= 0.6 is 0 Å². The van der Waals surface area contributed by atoms with Crippen molar-refractivity contribution < 1.29 is 4.39 Å². The van der Waals surface area contributed by atoms with Crippen molar-refractivity contribution in [3.05, 3.63) is 29.6 Å². The average Bonchev–Trinajstić information content (AvgIpc) is 2.05. The number of hydrogen-bond acceptors (Lipinski definition) is 2. The quantitative estimate of drug-likeness (QED) is 0.721. The molecule has 0 aliphatic carbocycles. The standard InChI is InChI=1S/C9H13FN2/c1-2-12-8-4-3-7(6-11)9(10)5-8/h3-5,12H,2,6,11H2,1H3. The zero-order valence-electron chi connectivity index (χ0n) is 7.10. The van der Waals surface area contributed by atoms with Crippen molar-refractivity contribution in [3.63, 3.8) is 0 Å². The predicted molar refractivity (Wildman–Crippen MR) is 48.5 cm³/mol. The summed E-state index contributed by atoms with van der Waals surface area (Å²) in [6.07, 6.45) is 0. The molecule has 0 spiro atoms. The third-order valence-electron chi connectivity index (χ3n) is 1.65. The maximum Gasteiger partial charge on any atom is 0.129 e. The molecule has 66 valence electrons. The number of nitrogens with two attached hydrogens (primary N) is 1. The summed E-state index contributed by atoms with van der Waals surface area (Å²) in [5, 5.41) is 3.02. The molecule has 0 bridgehead atoms. The Morgan fingerprint density at radius 3 is 2.75 bits per heavy atom. The van der Waals surface area contributed by atoms with Gasteiger partial charge in [0.05, 0.1) is 0 Å². The lowest BCUT2D eigenvalue weighted by molar-refractivity contribution is 0.611. The zero-order valence-corrected chi connectivity index (χ0v) is 7.10. The van der Waals surface area contributed by atoms with E-state index in [9.17, 15) is 4.39 Å². The van der Waals surface area contributed by atoms with E-state index in [0.29, 0.717) is 5.56 Å². The van der Waals surface area contributed by atoms with Crippen molar-refractivity contribution in [2.24, 2.45) is 5.73 Å². The number of hydrogen-bond donors (Lipinski definition) is 2. The molecule has 0 aliphatic rings. The fourth-order valence-corrected chi connectivity index (χ4v) is 1.03. The largest absolute Gasteiger partial charge is 0.385 e. The molecular formula is C9H13FN2. The summed E-state index contributed by atoms with van der Waals surface area (Å²) >= 11 is 0. The lowest BCUT2D eigenvalue weighted by Gasteiger charge is -2.04. The summed E-state index contributed by atoms with van der Waals surface area (Å²) < 4.78 is 13.1. The fraction of sp³-hybridized carbons (Fsp3) is 0.333. The summed E-state index contributed by atoms with van der Waals surface area (Å²) in [7, 11) is 0. The molecule has 0 aliphatic heterocycles. The summed E-state index contributed by atoms with van der Waals surface area (Å²) in [6.45, 7) is 3.01. The summed E-state index contributed by atoms with van der Waals surface area (Å²) in [5.41, 5.74) is 6.67. The predicted octanol–water partition coefficient (Wildman–Crippen LogP) is 1.72. The lowest BCUT2D eigenvalue weighted by atomic mass is 10.2. The van der Waals surface area contributed by atoms with E-state index in [1.807, 2.05) is 13.0 Å². The first kappa shape index (κ1) is 9.00. The van der Waals surface area contributed by atoms with E-state index in [2.05, 4.69) is 5.32 Å². The SMILES string of the molecule is CCNc1ccc(CN)c(F)c1. The molecule has 0 aromatic heterocycles. The lowest BCUT2D eigenvalue weighted by Crippen LogP contribution is -2.02. The molecule has 0 heterocycles. The molecule has 0 saturated heterocycles. The van der Waals surface area contributed by atoms with Crippen LogP contribution in [0.25, 0.3) is 0 Å². The summed E-state index contributed by atoms with van der Waals surface area (Å²) in [6, 6.07) is 4.99. The van der Waals surface area contributed by atoms with Crippen molar-refractivity contribution in [1.82, 2.24) is 0 Å². The van der Waals surface area contributed by atoms with Crippen molar-refractivity contribution in [1.29, 1.82) is 0 Å². The molecule has 12 heavy (non-hydrogen) atoms. The smallest absolute Gasteiger partial charge is 0.129 e. The van der Waals surface area contributed by atoms with Gasteiger partial charge in [0.2, 0.25) is 0 Å². The van der Waals surface area contributed by atoms with Crippen molar-refractivity contribution in [3.8, 4) is 0 Å². The van der Waals surface area contributed by atoms with Crippen LogP contribution < -0.4 is 11.1 Å². The molecule has 0 atom stereocenters. The number of halogens is 1. The molecular weight excluding hydrogens is 155 g/mol. The van der Waals surface area contributed by atoms with Gasteiger partial charge in [-0.3, -0.25) is 0 Å². The Labute approximate surface area is 71.6 Å². The first-order valence-electron chi connectivity index (χ1n) is 4.00. The molecule has 1 aromatic carbocycles. The molecule has 1 aromatic rings. The maximum atomic E-state index is 13.1. The average molecular weight is 168 g/mol. The van der Waals surface area contributed by atoms with Crippen LogP contribution in [0, 0.1) is 5.82 Å². The molecule has 1 rings (SSSR count). The first-order chi connectivity index (χ1) is 5.77. The van der Waals surface area contributed by atoms with Gasteiger partial charge in [-0.1, -0.05) is 6.07 Å². The van der Waals surface area contributed by atoms with E-state index in [-0.39, 0.29) is 12.4 Å². The number of nitrogens with one attached hydrogen (secondary N) is 1. The molecule has 0 saturated carbocycles. The van der Waals surface area contributed by atoms with E-state index >= 15 is 0 Å². The van der Waals surface area contributed by atoms with Gasteiger partial charge < -0.3 is 11.1 Å². The van der Waals surface area contributed by atoms with Gasteiger partial charge in [0.25, 0.3) is 0 Å². The van der Waals surface area contributed by atoms with E-state index in [1.165, 1.54) is 6.07 Å². The number of anilines is 1. The van der Waals surface area contributed by atoms with Crippen molar-refractivity contribution in [2.45, 2.75) is 13.5 Å². The van der Waals surface area contributed by atoms with Crippen LogP contribution in [-0.4, -0.2) is 6.54 Å². The Morgan fingerprint density at radius 1 is 1.50 bits per heavy atom. The fourth-order valence-electron chi connectivity index (χ4n) is 1.03. The topological polar surface area (TPSA) is 38.0 Å². The van der Waals surface area contributed by atoms with Crippen LogP contribution in [0.15, 0.2) is 18.2 Å². The van der Waals surface area contributed by atoms with E-state index < -0.39 is 0 Å². The minimum Gasteiger partial charge on any atom is -0.385 e. The molecule has 3 heteroatoms. The summed E-state index contributed by atoms with van der Waals surface area (Å²) in [5.74, 6) is -0.240.